The Kier molecular flexibility index (Phi) is 4.11. The van der Waals surface area contributed by atoms with E-state index in [9.17, 15) is 14.9 Å². The van der Waals surface area contributed by atoms with Gasteiger partial charge in [-0.05, 0) is 6.07 Å². The Labute approximate surface area is 124 Å². The van der Waals surface area contributed by atoms with E-state index in [0.717, 1.165) is 0 Å². The van der Waals surface area contributed by atoms with E-state index in [1.807, 2.05) is 0 Å². The van der Waals surface area contributed by atoms with Crippen molar-refractivity contribution in [2.75, 3.05) is 5.32 Å². The number of carbonyl (C=O) groups excluding carboxylic acids is 1. The van der Waals surface area contributed by atoms with Crippen LogP contribution in [-0.4, -0.2) is 20.4 Å². The Morgan fingerprint density at radius 1 is 1.36 bits per heavy atom. The molecular formula is C13H8N6O3. The predicted molar refractivity (Wildman–Crippen MR) is 73.4 cm³/mol. The number of anilines is 1. The van der Waals surface area contributed by atoms with E-state index in [-0.39, 0.29) is 29.3 Å². The first-order valence-corrected chi connectivity index (χ1v) is 5.95. The predicted octanol–water partition coefficient (Wildman–Crippen LogP) is 1.17. The Hall–Kier alpha value is -3.72. The minimum atomic E-state index is -0.610. The lowest BCUT2D eigenvalue weighted by Gasteiger charge is -2.06. The van der Waals surface area contributed by atoms with Crippen LogP contribution < -0.4 is 5.32 Å². The molecule has 0 saturated carbocycles. The summed E-state index contributed by atoms with van der Waals surface area (Å²) < 4.78 is 1.20. The van der Waals surface area contributed by atoms with Crippen LogP contribution >= 0.6 is 0 Å². The lowest BCUT2D eigenvalue weighted by molar-refractivity contribution is -0.383. The first kappa shape index (κ1) is 14.7. The number of hydrogen-bond acceptors (Lipinski definition) is 6. The van der Waals surface area contributed by atoms with Crippen LogP contribution in [0.1, 0.15) is 11.4 Å². The van der Waals surface area contributed by atoms with Crippen LogP contribution in [0.2, 0.25) is 0 Å². The van der Waals surface area contributed by atoms with Gasteiger partial charge in [-0.2, -0.15) is 10.5 Å². The monoisotopic (exact) mass is 296 g/mol. The summed E-state index contributed by atoms with van der Waals surface area (Å²) in [4.78, 5) is 25.9. The van der Waals surface area contributed by atoms with Crippen LogP contribution in [0.25, 0.3) is 0 Å². The van der Waals surface area contributed by atoms with Crippen LogP contribution in [0.4, 0.5) is 11.4 Å². The molecule has 0 radical (unpaired) electrons. The smallest absolute Gasteiger partial charge is 0.292 e. The molecule has 0 bridgehead atoms. The Balaban J connectivity index is 2.19. The molecule has 2 aromatic rings. The molecule has 0 fully saturated rings. The molecule has 0 spiro atoms. The number of imidazole rings is 1. The van der Waals surface area contributed by atoms with E-state index in [0.29, 0.717) is 0 Å². The van der Waals surface area contributed by atoms with Crippen molar-refractivity contribution in [1.29, 1.82) is 10.5 Å². The molecule has 0 aliphatic carbocycles. The standard InChI is InChI=1S/C13H8N6O3/c14-5-10-12(6-15)18(8-16-10)7-13(20)17-9-3-1-2-4-11(9)19(21)22/h1-4,8H,7H2,(H,17,20). The van der Waals surface area contributed by atoms with E-state index in [1.165, 1.54) is 29.1 Å². The molecule has 0 unspecified atom stereocenters. The summed E-state index contributed by atoms with van der Waals surface area (Å²) in [5, 5.41) is 31.0. The third-order valence-electron chi connectivity index (χ3n) is 2.74. The summed E-state index contributed by atoms with van der Waals surface area (Å²) in [6, 6.07) is 9.22. The number of amides is 1. The minimum absolute atomic E-state index is 0.0415. The fraction of sp³-hybridized carbons (Fsp3) is 0.0769. The first-order chi connectivity index (χ1) is 10.6. The van der Waals surface area contributed by atoms with E-state index >= 15 is 0 Å². The molecule has 0 atom stereocenters. The highest BCUT2D eigenvalue weighted by Gasteiger charge is 2.17. The number of nitriles is 2. The van der Waals surface area contributed by atoms with Gasteiger partial charge < -0.3 is 9.88 Å². The van der Waals surface area contributed by atoms with Gasteiger partial charge >= 0.3 is 0 Å². The molecule has 22 heavy (non-hydrogen) atoms. The maximum Gasteiger partial charge on any atom is 0.292 e. The van der Waals surface area contributed by atoms with E-state index in [4.69, 9.17) is 10.5 Å². The SMILES string of the molecule is N#Cc1ncn(CC(=O)Nc2ccccc2[N+](=O)[O-])c1C#N. The highest BCUT2D eigenvalue weighted by Crippen LogP contribution is 2.23. The maximum absolute atomic E-state index is 11.9. The molecule has 9 heteroatoms. The summed E-state index contributed by atoms with van der Waals surface area (Å²) in [7, 11) is 0. The van der Waals surface area contributed by atoms with Gasteiger partial charge in [0.1, 0.15) is 24.4 Å². The molecule has 0 aliphatic heterocycles. The van der Waals surface area contributed by atoms with Crippen LogP contribution in [0.15, 0.2) is 30.6 Å². The van der Waals surface area contributed by atoms with Crippen molar-refractivity contribution in [2.45, 2.75) is 6.54 Å². The molecule has 1 aromatic heterocycles. The summed E-state index contributed by atoms with van der Waals surface area (Å²) in [6.07, 6.45) is 1.19. The van der Waals surface area contributed by atoms with Crippen molar-refractivity contribution in [1.82, 2.24) is 9.55 Å². The van der Waals surface area contributed by atoms with Crippen LogP contribution in [0, 0.1) is 32.8 Å². The number of rotatable bonds is 4. The molecule has 1 amide bonds. The highest BCUT2D eigenvalue weighted by molar-refractivity contribution is 5.93. The van der Waals surface area contributed by atoms with Gasteiger partial charge in [0.05, 0.1) is 11.3 Å². The second-order valence-electron chi connectivity index (χ2n) is 4.12. The second-order valence-corrected chi connectivity index (χ2v) is 4.12. The highest BCUT2D eigenvalue weighted by atomic mass is 16.6. The Bertz CT molecular complexity index is 827. The zero-order valence-electron chi connectivity index (χ0n) is 11.1. The van der Waals surface area contributed by atoms with Gasteiger partial charge in [-0.1, -0.05) is 12.1 Å². The van der Waals surface area contributed by atoms with Crippen molar-refractivity contribution in [3.63, 3.8) is 0 Å². The summed E-state index contributed by atoms with van der Waals surface area (Å²) in [5.41, 5.74) is -0.308. The Morgan fingerprint density at radius 2 is 2.09 bits per heavy atom. The van der Waals surface area contributed by atoms with Crippen molar-refractivity contribution < 1.29 is 9.72 Å². The van der Waals surface area contributed by atoms with Gasteiger partial charge in [-0.3, -0.25) is 14.9 Å². The quantitative estimate of drug-likeness (QED) is 0.663. The number of nitro groups is 1. The number of para-hydroxylation sites is 2. The number of nitro benzene ring substituents is 1. The van der Waals surface area contributed by atoms with Gasteiger partial charge in [-0.25, -0.2) is 4.98 Å². The molecule has 0 saturated heterocycles. The van der Waals surface area contributed by atoms with Crippen LogP contribution in [0.5, 0.6) is 0 Å². The number of carbonyl (C=O) groups is 1. The van der Waals surface area contributed by atoms with Crippen molar-refractivity contribution in [3.8, 4) is 12.1 Å². The van der Waals surface area contributed by atoms with Gasteiger partial charge in [0, 0.05) is 6.07 Å². The molecule has 2 rings (SSSR count). The number of hydrogen-bond donors (Lipinski definition) is 1. The third kappa shape index (κ3) is 2.89. The lowest BCUT2D eigenvalue weighted by Crippen LogP contribution is -2.19. The zero-order valence-corrected chi connectivity index (χ0v) is 11.1. The van der Waals surface area contributed by atoms with Crippen LogP contribution in [0.3, 0.4) is 0 Å². The fourth-order valence-corrected chi connectivity index (χ4v) is 1.78. The molecule has 1 aromatic carbocycles. The first-order valence-electron chi connectivity index (χ1n) is 5.95. The second kappa shape index (κ2) is 6.15. The van der Waals surface area contributed by atoms with Crippen molar-refractivity contribution in [2.24, 2.45) is 0 Å². The Morgan fingerprint density at radius 3 is 2.73 bits per heavy atom. The number of benzene rings is 1. The summed E-state index contributed by atoms with van der Waals surface area (Å²) in [6.45, 7) is -0.288. The zero-order chi connectivity index (χ0) is 16.1. The normalized spacial score (nSPS) is 9.55. The molecule has 1 heterocycles. The average molecular weight is 296 g/mol. The molecule has 9 nitrogen and oxygen atoms in total. The van der Waals surface area contributed by atoms with Gasteiger partial charge in [0.15, 0.2) is 11.4 Å². The van der Waals surface area contributed by atoms with E-state index in [1.54, 1.807) is 18.2 Å². The summed E-state index contributed by atoms with van der Waals surface area (Å²) >= 11 is 0. The van der Waals surface area contributed by atoms with Gasteiger partial charge in [-0.15, -0.1) is 0 Å². The molecule has 108 valence electrons. The largest absolute Gasteiger partial charge is 0.319 e. The average Bonchev–Trinajstić information content (AvgIpc) is 2.89. The molecule has 0 aliphatic rings. The van der Waals surface area contributed by atoms with Crippen molar-refractivity contribution in [3.05, 3.63) is 52.1 Å². The number of aromatic nitrogens is 2. The third-order valence-corrected chi connectivity index (χ3v) is 2.74. The van der Waals surface area contributed by atoms with Crippen molar-refractivity contribution >= 4 is 17.3 Å². The number of nitrogens with one attached hydrogen (secondary N) is 1. The lowest BCUT2D eigenvalue weighted by atomic mass is 10.2. The van der Waals surface area contributed by atoms with Gasteiger partial charge in [0.25, 0.3) is 5.69 Å². The van der Waals surface area contributed by atoms with E-state index < -0.39 is 10.8 Å². The maximum atomic E-state index is 11.9. The summed E-state index contributed by atoms with van der Waals surface area (Å²) in [5.74, 6) is -0.576. The topological polar surface area (TPSA) is 138 Å². The molecular weight excluding hydrogens is 288 g/mol. The minimum Gasteiger partial charge on any atom is -0.319 e. The van der Waals surface area contributed by atoms with E-state index in [2.05, 4.69) is 10.3 Å². The molecule has 1 N–H and O–H groups in total. The number of nitrogens with zero attached hydrogens (tertiary/aromatic N) is 5. The fourth-order valence-electron chi connectivity index (χ4n) is 1.78. The van der Waals surface area contributed by atoms with Crippen LogP contribution in [-0.2, 0) is 11.3 Å². The van der Waals surface area contributed by atoms with Gasteiger partial charge in [0.2, 0.25) is 5.91 Å².